The Morgan fingerprint density at radius 2 is 2.11 bits per heavy atom. The molecule has 1 aromatic carbocycles. The van der Waals surface area contributed by atoms with Crippen molar-refractivity contribution in [1.29, 1.82) is 0 Å². The van der Waals surface area contributed by atoms with Crippen LogP contribution in [0.4, 0.5) is 8.78 Å². The number of hydrogen-bond acceptors (Lipinski definition) is 2. The molecule has 3 nitrogen and oxygen atoms in total. The summed E-state index contributed by atoms with van der Waals surface area (Å²) in [6, 6.07) is 2.14. The molecule has 0 aliphatic heterocycles. The zero-order chi connectivity index (χ0) is 14.0. The Labute approximate surface area is 111 Å². The zero-order valence-electron chi connectivity index (χ0n) is 11.2. The molecule has 0 radical (unpaired) electrons. The van der Waals surface area contributed by atoms with Gasteiger partial charge in [0, 0.05) is 25.0 Å². The van der Waals surface area contributed by atoms with Crippen LogP contribution in [0, 0.1) is 18.6 Å². The second-order valence-electron chi connectivity index (χ2n) is 4.48. The summed E-state index contributed by atoms with van der Waals surface area (Å²) in [6.45, 7) is 4.10. The normalized spacial score (nSPS) is 12.7. The minimum absolute atomic E-state index is 0.0242. The number of halogens is 2. The predicted octanol–water partition coefficient (Wildman–Crippen LogP) is 2.71. The van der Waals surface area contributed by atoms with Crippen LogP contribution in [0.2, 0.25) is 0 Å². The third-order valence-electron chi connectivity index (χ3n) is 3.13. The van der Waals surface area contributed by atoms with E-state index in [2.05, 4.69) is 10.3 Å². The molecule has 5 heteroatoms. The highest BCUT2D eigenvalue weighted by atomic mass is 19.1. The lowest BCUT2D eigenvalue weighted by Crippen LogP contribution is -2.27. The molecule has 1 N–H and O–H groups in total. The molecule has 0 bridgehead atoms. The van der Waals surface area contributed by atoms with Gasteiger partial charge in [-0.25, -0.2) is 13.8 Å². The minimum Gasteiger partial charge on any atom is -0.336 e. The molecule has 1 aromatic heterocycles. The summed E-state index contributed by atoms with van der Waals surface area (Å²) in [4.78, 5) is 4.19. The van der Waals surface area contributed by atoms with Gasteiger partial charge in [0.25, 0.3) is 0 Å². The number of rotatable bonds is 4. The Morgan fingerprint density at radius 1 is 1.37 bits per heavy atom. The predicted molar refractivity (Wildman–Crippen MR) is 69.8 cm³/mol. The largest absolute Gasteiger partial charge is 0.336 e. The van der Waals surface area contributed by atoms with E-state index in [0.29, 0.717) is 17.9 Å². The highest BCUT2D eigenvalue weighted by molar-refractivity contribution is 5.33. The maximum Gasteiger partial charge on any atom is 0.134 e. The van der Waals surface area contributed by atoms with E-state index in [-0.39, 0.29) is 5.56 Å². The van der Waals surface area contributed by atoms with E-state index < -0.39 is 17.7 Å². The monoisotopic (exact) mass is 265 g/mol. The Balaban J connectivity index is 2.57. The van der Waals surface area contributed by atoms with Crippen LogP contribution < -0.4 is 5.32 Å². The van der Waals surface area contributed by atoms with Gasteiger partial charge in [-0.15, -0.1) is 0 Å². The van der Waals surface area contributed by atoms with E-state index in [1.54, 1.807) is 30.9 Å². The molecule has 0 amide bonds. The Bertz CT molecular complexity index is 578. The fourth-order valence-corrected chi connectivity index (χ4v) is 2.12. The van der Waals surface area contributed by atoms with Crippen molar-refractivity contribution in [3.8, 4) is 0 Å². The van der Waals surface area contributed by atoms with E-state index in [1.807, 2.05) is 6.92 Å². The van der Waals surface area contributed by atoms with Gasteiger partial charge >= 0.3 is 0 Å². The lowest BCUT2D eigenvalue weighted by Gasteiger charge is -2.20. The molecular weight excluding hydrogens is 248 g/mol. The second kappa shape index (κ2) is 5.48. The summed E-state index contributed by atoms with van der Waals surface area (Å²) < 4.78 is 30.0. The van der Waals surface area contributed by atoms with Crippen LogP contribution in [0.1, 0.15) is 29.9 Å². The van der Waals surface area contributed by atoms with Crippen molar-refractivity contribution in [1.82, 2.24) is 14.9 Å². The highest BCUT2D eigenvalue weighted by Gasteiger charge is 2.25. The smallest absolute Gasteiger partial charge is 0.134 e. The van der Waals surface area contributed by atoms with Gasteiger partial charge in [-0.2, -0.15) is 0 Å². The molecule has 0 saturated carbocycles. The fraction of sp³-hybridized carbons (Fsp3) is 0.357. The summed E-state index contributed by atoms with van der Waals surface area (Å²) in [6.07, 6.45) is 3.37. The van der Waals surface area contributed by atoms with Crippen molar-refractivity contribution in [2.45, 2.75) is 19.9 Å². The third-order valence-corrected chi connectivity index (χ3v) is 3.13. The Morgan fingerprint density at radius 3 is 2.68 bits per heavy atom. The zero-order valence-corrected chi connectivity index (χ0v) is 11.2. The molecule has 1 heterocycles. The summed E-state index contributed by atoms with van der Waals surface area (Å²) in [5.41, 5.74) is 0.449. The van der Waals surface area contributed by atoms with Crippen LogP contribution in [0.3, 0.4) is 0 Å². The number of aromatic nitrogens is 2. The first-order valence-electron chi connectivity index (χ1n) is 6.21. The summed E-state index contributed by atoms with van der Waals surface area (Å²) in [7, 11) is 1.80. The summed E-state index contributed by atoms with van der Waals surface area (Å²) >= 11 is 0. The molecule has 2 aromatic rings. The number of nitrogens with zero attached hydrogens (tertiary/aromatic N) is 2. The van der Waals surface area contributed by atoms with Gasteiger partial charge in [-0.1, -0.05) is 13.0 Å². The number of imidazole rings is 1. The van der Waals surface area contributed by atoms with Crippen molar-refractivity contribution >= 4 is 0 Å². The van der Waals surface area contributed by atoms with E-state index >= 15 is 0 Å². The number of benzene rings is 1. The maximum absolute atomic E-state index is 14.2. The molecule has 0 aliphatic carbocycles. The SMILES string of the molecule is CCNC(c1c(F)ccc(C)c1F)c1nccn1C. The van der Waals surface area contributed by atoms with Crippen LogP contribution in [-0.4, -0.2) is 16.1 Å². The quantitative estimate of drug-likeness (QED) is 0.921. The van der Waals surface area contributed by atoms with E-state index in [1.165, 1.54) is 12.1 Å². The van der Waals surface area contributed by atoms with E-state index in [0.717, 1.165) is 0 Å². The Hall–Kier alpha value is -1.75. The first kappa shape index (κ1) is 13.7. The van der Waals surface area contributed by atoms with Gasteiger partial charge < -0.3 is 9.88 Å². The number of aryl methyl sites for hydroxylation is 2. The average Bonchev–Trinajstić information content (AvgIpc) is 2.79. The van der Waals surface area contributed by atoms with Gasteiger partial charge in [0.15, 0.2) is 0 Å². The Kier molecular flexibility index (Phi) is 3.95. The standard InChI is InChI=1S/C14H17F2N3/c1-4-17-13(14-18-7-8-19(14)3)11-10(15)6-5-9(2)12(11)16/h5-8,13,17H,4H2,1-3H3. The minimum atomic E-state index is -0.593. The molecule has 2 rings (SSSR count). The van der Waals surface area contributed by atoms with E-state index in [4.69, 9.17) is 0 Å². The van der Waals surface area contributed by atoms with Gasteiger partial charge in [0.2, 0.25) is 0 Å². The topological polar surface area (TPSA) is 29.9 Å². The fourth-order valence-electron chi connectivity index (χ4n) is 2.12. The van der Waals surface area contributed by atoms with Crippen molar-refractivity contribution < 1.29 is 8.78 Å². The van der Waals surface area contributed by atoms with Gasteiger partial charge in [0.05, 0.1) is 6.04 Å². The highest BCUT2D eigenvalue weighted by Crippen LogP contribution is 2.27. The van der Waals surface area contributed by atoms with Crippen molar-refractivity contribution in [2.75, 3.05) is 6.54 Å². The third kappa shape index (κ3) is 2.51. The first-order chi connectivity index (χ1) is 9.06. The van der Waals surface area contributed by atoms with Crippen LogP contribution >= 0.6 is 0 Å². The average molecular weight is 265 g/mol. The van der Waals surface area contributed by atoms with Gasteiger partial charge in [-0.05, 0) is 25.1 Å². The van der Waals surface area contributed by atoms with Crippen LogP contribution in [0.5, 0.6) is 0 Å². The van der Waals surface area contributed by atoms with Gasteiger partial charge in [-0.3, -0.25) is 0 Å². The second-order valence-corrected chi connectivity index (χ2v) is 4.48. The van der Waals surface area contributed by atoms with Crippen molar-refractivity contribution in [3.63, 3.8) is 0 Å². The summed E-state index contributed by atoms with van der Waals surface area (Å²) in [5, 5.41) is 3.09. The molecule has 0 spiro atoms. The number of nitrogens with one attached hydrogen (secondary N) is 1. The molecule has 1 atom stereocenters. The number of hydrogen-bond donors (Lipinski definition) is 1. The van der Waals surface area contributed by atoms with Crippen molar-refractivity contribution in [2.24, 2.45) is 7.05 Å². The van der Waals surface area contributed by atoms with Crippen LogP contribution in [-0.2, 0) is 7.05 Å². The van der Waals surface area contributed by atoms with E-state index in [9.17, 15) is 8.78 Å². The van der Waals surface area contributed by atoms with Crippen LogP contribution in [0.25, 0.3) is 0 Å². The molecule has 0 aliphatic rings. The molecule has 0 fully saturated rings. The van der Waals surface area contributed by atoms with Crippen molar-refractivity contribution in [3.05, 3.63) is 53.1 Å². The molecule has 0 saturated heterocycles. The van der Waals surface area contributed by atoms with Gasteiger partial charge in [0.1, 0.15) is 17.5 Å². The maximum atomic E-state index is 14.2. The molecule has 102 valence electrons. The lowest BCUT2D eigenvalue weighted by atomic mass is 10.0. The first-order valence-corrected chi connectivity index (χ1v) is 6.21. The molecule has 19 heavy (non-hydrogen) atoms. The molecule has 1 unspecified atom stereocenters. The lowest BCUT2D eigenvalue weighted by molar-refractivity contribution is 0.489. The molecular formula is C14H17F2N3. The van der Waals surface area contributed by atoms with Crippen LogP contribution in [0.15, 0.2) is 24.5 Å². The summed E-state index contributed by atoms with van der Waals surface area (Å²) in [5.74, 6) is -0.490.